The van der Waals surface area contributed by atoms with E-state index < -0.39 is 16.1 Å². The van der Waals surface area contributed by atoms with Crippen molar-refractivity contribution in [3.63, 3.8) is 0 Å². The van der Waals surface area contributed by atoms with Crippen molar-refractivity contribution < 1.29 is 57.2 Å². The van der Waals surface area contributed by atoms with Crippen LogP contribution >= 0.6 is 0 Å². The molecule has 1 aliphatic carbocycles. The maximum absolute atomic E-state index is 13.0. The van der Waals surface area contributed by atoms with E-state index >= 15 is 0 Å². The van der Waals surface area contributed by atoms with Crippen molar-refractivity contribution in [3.05, 3.63) is 94.1 Å². The molecule has 10 heteroatoms. The average molecular weight is 639 g/mol. The summed E-state index contributed by atoms with van der Waals surface area (Å²) >= 11 is 0. The van der Waals surface area contributed by atoms with Gasteiger partial charge in [0.25, 0.3) is 0 Å². The van der Waals surface area contributed by atoms with E-state index in [4.69, 9.17) is 0 Å². The van der Waals surface area contributed by atoms with Crippen LogP contribution in [0.4, 0.5) is 11.4 Å². The summed E-state index contributed by atoms with van der Waals surface area (Å²) < 4.78 is 32.6. The summed E-state index contributed by atoms with van der Waals surface area (Å²) in [5.74, 6) is -1.05. The predicted octanol–water partition coefficient (Wildman–Crippen LogP) is 2.55. The minimum Gasteiger partial charge on any atom is -0.748 e. The summed E-state index contributed by atoms with van der Waals surface area (Å²) in [5, 5.41) is 9.18. The van der Waals surface area contributed by atoms with E-state index in [1.807, 2.05) is 53.5 Å². The zero-order chi connectivity index (χ0) is 31.1. The Kier molecular flexibility index (Phi) is 12.5. The Labute approximate surface area is 288 Å². The predicted molar refractivity (Wildman–Crippen MR) is 174 cm³/mol. The molecular formula is C35H39N2NaO6S. The Balaban J connectivity index is 0.00000461. The largest absolute Gasteiger partial charge is 1.00 e. The fourth-order valence-corrected chi connectivity index (χ4v) is 6.87. The van der Waals surface area contributed by atoms with Gasteiger partial charge < -0.3 is 19.5 Å². The van der Waals surface area contributed by atoms with Crippen LogP contribution in [0.2, 0.25) is 0 Å². The molecule has 2 aromatic carbocycles. The summed E-state index contributed by atoms with van der Waals surface area (Å²) in [7, 11) is -4.16. The van der Waals surface area contributed by atoms with Crippen LogP contribution < -0.4 is 39.4 Å². The molecular weight excluding hydrogens is 599 g/mol. The molecule has 0 aromatic heterocycles. The van der Waals surface area contributed by atoms with Crippen molar-refractivity contribution in [2.24, 2.45) is 0 Å². The van der Waals surface area contributed by atoms with Gasteiger partial charge in [-0.3, -0.25) is 9.59 Å². The Bertz CT molecular complexity index is 1640. The molecule has 0 radical (unpaired) electrons. The normalized spacial score (nSPS) is 18.6. The minimum atomic E-state index is -4.16. The van der Waals surface area contributed by atoms with Gasteiger partial charge in [-0.25, -0.2) is 8.42 Å². The summed E-state index contributed by atoms with van der Waals surface area (Å²) in [6.45, 7) is 2.42. The molecule has 0 saturated heterocycles. The monoisotopic (exact) mass is 638 g/mol. The number of anilines is 2. The number of hydrogen-bond donors (Lipinski definition) is 1. The van der Waals surface area contributed by atoms with Gasteiger partial charge in [0.15, 0.2) is 5.78 Å². The zero-order valence-corrected chi connectivity index (χ0v) is 28.7. The maximum Gasteiger partial charge on any atom is 1.00 e. The number of fused-ring (bicyclic) bond motifs is 2. The molecule has 0 spiro atoms. The molecule has 2 aromatic rings. The van der Waals surface area contributed by atoms with Crippen LogP contribution in [0, 0.1) is 0 Å². The van der Waals surface area contributed by atoms with Gasteiger partial charge in [0, 0.05) is 47.9 Å². The number of unbranched alkanes of at least 4 members (excludes halogenated alkanes) is 1. The maximum atomic E-state index is 13.0. The number of aryl methyl sites for hydroxylation is 2. The summed E-state index contributed by atoms with van der Waals surface area (Å²) in [6, 6.07) is 12.4. The van der Waals surface area contributed by atoms with Crippen LogP contribution in [-0.2, 0) is 32.5 Å². The van der Waals surface area contributed by atoms with Gasteiger partial charge in [-0.05, 0) is 97.9 Å². The Morgan fingerprint density at radius 1 is 0.822 bits per heavy atom. The van der Waals surface area contributed by atoms with Crippen molar-refractivity contribution in [2.75, 3.05) is 41.7 Å². The molecule has 232 valence electrons. The number of ketones is 1. The van der Waals surface area contributed by atoms with E-state index in [1.54, 1.807) is 0 Å². The van der Waals surface area contributed by atoms with E-state index in [2.05, 4.69) is 29.2 Å². The number of aliphatic carboxylic acids is 1. The smallest absolute Gasteiger partial charge is 0.748 e. The number of hydrogen-bond acceptors (Lipinski definition) is 7. The number of benzene rings is 2. The first-order valence-corrected chi connectivity index (χ1v) is 16.9. The Morgan fingerprint density at radius 2 is 1.36 bits per heavy atom. The SMILES string of the molecule is O=C(O)CN1CCCc2cc(/C=C/C=C3\CC/C(=C\C=C\c4ccc5c(c4)CCCN5CCCCS(=O)(=O)[O-])C3=O)ccc21.[Na+]. The molecule has 2 aliphatic heterocycles. The third kappa shape index (κ3) is 9.77. The Morgan fingerprint density at radius 3 is 1.89 bits per heavy atom. The van der Waals surface area contributed by atoms with Crippen molar-refractivity contribution >= 4 is 45.4 Å². The van der Waals surface area contributed by atoms with Crippen LogP contribution in [0.3, 0.4) is 0 Å². The standard InChI is InChI=1S/C35H40N2O6S.Na/c38-34(39)25-37-21-6-12-31-24-27(14-18-33(31)37)8-4-10-29-16-15-28(35(29)40)9-3-7-26-13-17-32-30(23-26)11-5-20-36(32)19-1-2-22-44(41,42)43;/h3-4,7-10,13-14,17-18,23-24H,1-2,5-6,11-12,15-16,19-22,25H2,(H,38,39)(H,41,42,43);/q;+1/p-1/b7-3+,8-4+,28-9+,29-10+;. The van der Waals surface area contributed by atoms with Crippen LogP contribution in [0.25, 0.3) is 12.2 Å². The van der Waals surface area contributed by atoms with Gasteiger partial charge in [-0.1, -0.05) is 48.6 Å². The molecule has 8 nitrogen and oxygen atoms in total. The number of carbonyl (C=O) groups excluding carboxylic acids is 1. The molecule has 0 bridgehead atoms. The second-order valence-corrected chi connectivity index (χ2v) is 13.2. The van der Waals surface area contributed by atoms with Crippen molar-refractivity contribution in [3.8, 4) is 0 Å². The van der Waals surface area contributed by atoms with Crippen molar-refractivity contribution in [1.29, 1.82) is 0 Å². The number of carboxylic acids is 1. The average Bonchev–Trinajstić information content (AvgIpc) is 3.33. The molecule has 1 saturated carbocycles. The van der Waals surface area contributed by atoms with Crippen LogP contribution in [-0.4, -0.2) is 61.8 Å². The molecule has 2 heterocycles. The number of nitrogens with zero attached hydrogens (tertiary/aromatic N) is 2. The van der Waals surface area contributed by atoms with E-state index in [0.29, 0.717) is 25.7 Å². The second kappa shape index (κ2) is 16.1. The van der Waals surface area contributed by atoms with Gasteiger partial charge in [-0.15, -0.1) is 0 Å². The zero-order valence-electron chi connectivity index (χ0n) is 25.9. The van der Waals surface area contributed by atoms with Crippen LogP contribution in [0.1, 0.15) is 60.8 Å². The molecule has 0 unspecified atom stereocenters. The van der Waals surface area contributed by atoms with E-state index in [0.717, 1.165) is 78.8 Å². The molecule has 0 amide bonds. The quantitative estimate of drug-likeness (QED) is 0.173. The number of carbonyl (C=O) groups is 2. The number of Topliss-reactive ketones (excluding diaryl/α,β-unsaturated/α-hetero) is 1. The van der Waals surface area contributed by atoms with E-state index in [1.165, 1.54) is 11.3 Å². The fraction of sp³-hybridized carbons (Fsp3) is 0.371. The van der Waals surface area contributed by atoms with Crippen LogP contribution in [0.5, 0.6) is 0 Å². The molecule has 0 atom stereocenters. The molecule has 5 rings (SSSR count). The second-order valence-electron chi connectivity index (χ2n) is 11.7. The van der Waals surface area contributed by atoms with Gasteiger partial charge >= 0.3 is 35.5 Å². The van der Waals surface area contributed by atoms with Gasteiger partial charge in [0.05, 0.1) is 10.1 Å². The minimum absolute atomic E-state index is 0. The summed E-state index contributed by atoms with van der Waals surface area (Å²) in [4.78, 5) is 28.3. The van der Waals surface area contributed by atoms with Gasteiger partial charge in [0.1, 0.15) is 6.54 Å². The van der Waals surface area contributed by atoms with E-state index in [9.17, 15) is 27.7 Å². The number of allylic oxidation sites excluding steroid dienone is 6. The van der Waals surface area contributed by atoms with Gasteiger partial charge in [-0.2, -0.15) is 0 Å². The number of carboxylic acid groups (broad SMARTS) is 1. The summed E-state index contributed by atoms with van der Waals surface area (Å²) in [6.07, 6.45) is 18.0. The topological polar surface area (TPSA) is 118 Å². The van der Waals surface area contributed by atoms with Crippen molar-refractivity contribution in [2.45, 2.75) is 51.4 Å². The first kappa shape index (κ1) is 34.9. The molecule has 1 fully saturated rings. The van der Waals surface area contributed by atoms with Gasteiger partial charge in [0.2, 0.25) is 0 Å². The molecule has 45 heavy (non-hydrogen) atoms. The third-order valence-corrected chi connectivity index (χ3v) is 9.24. The fourth-order valence-electron chi connectivity index (χ4n) is 6.31. The summed E-state index contributed by atoms with van der Waals surface area (Å²) in [5.41, 5.74) is 8.28. The number of rotatable bonds is 11. The first-order valence-electron chi connectivity index (χ1n) is 15.4. The first-order chi connectivity index (χ1) is 21.2. The molecule has 1 N–H and O–H groups in total. The van der Waals surface area contributed by atoms with E-state index in [-0.39, 0.29) is 47.6 Å². The van der Waals surface area contributed by atoms with Crippen molar-refractivity contribution in [1.82, 2.24) is 0 Å². The van der Waals surface area contributed by atoms with Crippen LogP contribution in [0.15, 0.2) is 71.8 Å². The molecule has 3 aliphatic rings. The third-order valence-electron chi connectivity index (χ3n) is 8.45. The Hall–Kier alpha value is -2.95.